The molecule has 0 heterocycles. The summed E-state index contributed by atoms with van der Waals surface area (Å²) < 4.78 is 4.95. The Bertz CT molecular complexity index is 349. The molecule has 1 aromatic rings. The molecule has 0 saturated heterocycles. The molecule has 0 spiro atoms. The number of hydrogen-bond acceptors (Lipinski definition) is 4. The van der Waals surface area contributed by atoms with Gasteiger partial charge in [0, 0.05) is 0 Å². The highest BCUT2D eigenvalue weighted by Gasteiger charge is 2.19. The van der Waals surface area contributed by atoms with Crippen molar-refractivity contribution in [2.75, 3.05) is 7.11 Å². The normalized spacial score (nSPS) is 9.71. The van der Waals surface area contributed by atoms with Gasteiger partial charge in [0.25, 0.3) is 0 Å². The van der Waals surface area contributed by atoms with Gasteiger partial charge in [-0.2, -0.15) is 0 Å². The van der Waals surface area contributed by atoms with Gasteiger partial charge in [-0.1, -0.05) is 6.07 Å². The number of hydrogen-bond donors (Lipinski definition) is 2. The van der Waals surface area contributed by atoms with Crippen LogP contribution in [0, 0.1) is 6.92 Å². The van der Waals surface area contributed by atoms with Gasteiger partial charge in [-0.25, -0.2) is 0 Å². The molecule has 0 radical (unpaired) electrons. The smallest absolute Gasteiger partial charge is 0.489 e. The number of ether oxygens (including phenoxy) is 1. The van der Waals surface area contributed by atoms with Crippen molar-refractivity contribution in [3.8, 4) is 5.75 Å². The molecule has 2 N–H and O–H groups in total. The summed E-state index contributed by atoms with van der Waals surface area (Å²) in [5.41, 5.74) is 1.14. The Hall–Kier alpha value is -1.33. The molecule has 5 heteroatoms. The van der Waals surface area contributed by atoms with Crippen molar-refractivity contribution in [2.24, 2.45) is 0 Å². The highest BCUT2D eigenvalue weighted by Crippen LogP contribution is 2.16. The first-order chi connectivity index (χ1) is 6.60. The highest BCUT2D eigenvalue weighted by atomic mass is 16.5. The molecule has 1 aromatic carbocycles. The number of rotatable bonds is 3. The van der Waals surface area contributed by atoms with E-state index in [1.54, 1.807) is 13.0 Å². The maximum atomic E-state index is 10.7. The van der Waals surface area contributed by atoms with Crippen molar-refractivity contribution in [3.63, 3.8) is 0 Å². The van der Waals surface area contributed by atoms with Gasteiger partial charge in [0.2, 0.25) is 0 Å². The summed E-state index contributed by atoms with van der Waals surface area (Å²) in [5, 5.41) is 18.0. The molecule has 0 amide bonds. The molecule has 0 bridgehead atoms. The summed E-state index contributed by atoms with van der Waals surface area (Å²) in [4.78, 5) is 10.7. The fourth-order valence-corrected chi connectivity index (χ4v) is 1.30. The average Bonchev–Trinajstić information content (AvgIpc) is 2.16. The third-order valence-corrected chi connectivity index (χ3v) is 1.93. The number of benzene rings is 1. The van der Waals surface area contributed by atoms with E-state index in [4.69, 9.17) is 14.8 Å². The van der Waals surface area contributed by atoms with E-state index in [0.717, 1.165) is 5.56 Å². The molecule has 0 saturated carbocycles. The van der Waals surface area contributed by atoms with E-state index in [1.807, 2.05) is 0 Å². The van der Waals surface area contributed by atoms with Crippen molar-refractivity contribution < 1.29 is 19.6 Å². The monoisotopic (exact) mass is 194 g/mol. The lowest BCUT2D eigenvalue weighted by molar-refractivity contribution is 0.112. The van der Waals surface area contributed by atoms with Gasteiger partial charge in [-0.3, -0.25) is 4.79 Å². The van der Waals surface area contributed by atoms with Crippen LogP contribution in [-0.2, 0) is 0 Å². The third-order valence-electron chi connectivity index (χ3n) is 1.93. The van der Waals surface area contributed by atoms with Gasteiger partial charge in [-0.05, 0) is 24.0 Å². The lowest BCUT2D eigenvalue weighted by Crippen LogP contribution is -2.33. The molecule has 0 fully saturated rings. The summed E-state index contributed by atoms with van der Waals surface area (Å²) in [7, 11) is -0.237. The molecule has 74 valence electrons. The molecule has 14 heavy (non-hydrogen) atoms. The number of aldehydes is 1. The zero-order chi connectivity index (χ0) is 10.7. The quantitative estimate of drug-likeness (QED) is 0.502. The Balaban J connectivity index is 3.39. The first kappa shape index (κ1) is 10.8. The van der Waals surface area contributed by atoms with Crippen molar-refractivity contribution in [2.45, 2.75) is 6.92 Å². The molecule has 4 nitrogen and oxygen atoms in total. The summed E-state index contributed by atoms with van der Waals surface area (Å²) in [5.74, 6) is 0.350. The van der Waals surface area contributed by atoms with E-state index in [-0.39, 0.29) is 11.0 Å². The van der Waals surface area contributed by atoms with Gasteiger partial charge < -0.3 is 14.8 Å². The number of aryl methyl sites for hydroxylation is 1. The summed E-state index contributed by atoms with van der Waals surface area (Å²) in [6.07, 6.45) is 0.549. The second kappa shape index (κ2) is 4.26. The van der Waals surface area contributed by atoms with Gasteiger partial charge >= 0.3 is 7.12 Å². The molecule has 0 atom stereocenters. The zero-order valence-electron chi connectivity index (χ0n) is 8.02. The minimum Gasteiger partial charge on any atom is -0.496 e. The van der Waals surface area contributed by atoms with Crippen molar-refractivity contribution in [3.05, 3.63) is 23.3 Å². The highest BCUT2D eigenvalue weighted by molar-refractivity contribution is 6.60. The standard InChI is InChI=1S/C9H11BO4/c1-6-3-8(10(12)13)7(5-11)9(4-6)14-2/h3-5,12-13H,1-2H3. The lowest BCUT2D eigenvalue weighted by Gasteiger charge is -2.10. The number of carbonyl (C=O) groups is 1. The lowest BCUT2D eigenvalue weighted by atomic mass is 9.76. The van der Waals surface area contributed by atoms with Crippen LogP contribution >= 0.6 is 0 Å². The van der Waals surface area contributed by atoms with Gasteiger partial charge in [0.05, 0.1) is 12.7 Å². The second-order valence-corrected chi connectivity index (χ2v) is 2.96. The van der Waals surface area contributed by atoms with Crippen molar-refractivity contribution >= 4 is 18.9 Å². The van der Waals surface area contributed by atoms with Gasteiger partial charge in [0.15, 0.2) is 6.29 Å². The summed E-state index contributed by atoms with van der Waals surface area (Å²) in [6, 6.07) is 3.20. The largest absolute Gasteiger partial charge is 0.496 e. The predicted molar refractivity (Wildman–Crippen MR) is 52.9 cm³/mol. The Morgan fingerprint density at radius 1 is 1.43 bits per heavy atom. The topological polar surface area (TPSA) is 66.8 Å². The van der Waals surface area contributed by atoms with Crippen LogP contribution in [0.5, 0.6) is 5.75 Å². The summed E-state index contributed by atoms with van der Waals surface area (Å²) >= 11 is 0. The molecular weight excluding hydrogens is 183 g/mol. The van der Waals surface area contributed by atoms with Gasteiger partial charge in [0.1, 0.15) is 5.75 Å². The SMILES string of the molecule is COc1cc(C)cc(B(O)O)c1C=O. The molecule has 0 aromatic heterocycles. The van der Waals surface area contributed by atoms with Crippen molar-refractivity contribution in [1.82, 2.24) is 0 Å². The third kappa shape index (κ3) is 1.94. The van der Waals surface area contributed by atoms with Crippen LogP contribution in [-0.4, -0.2) is 30.6 Å². The Morgan fingerprint density at radius 3 is 2.50 bits per heavy atom. The molecule has 0 aliphatic carbocycles. The maximum Gasteiger partial charge on any atom is 0.489 e. The van der Waals surface area contributed by atoms with E-state index in [1.165, 1.54) is 13.2 Å². The van der Waals surface area contributed by atoms with Crippen LogP contribution in [0.25, 0.3) is 0 Å². The van der Waals surface area contributed by atoms with Crippen LogP contribution in [0.4, 0.5) is 0 Å². The van der Waals surface area contributed by atoms with Crippen molar-refractivity contribution in [1.29, 1.82) is 0 Å². The Kier molecular flexibility index (Phi) is 3.27. The van der Waals surface area contributed by atoms with E-state index in [9.17, 15) is 4.79 Å². The van der Waals surface area contributed by atoms with E-state index < -0.39 is 7.12 Å². The minimum absolute atomic E-state index is 0.164. The van der Waals surface area contributed by atoms with Crippen LogP contribution in [0.3, 0.4) is 0 Å². The minimum atomic E-state index is -1.66. The van der Waals surface area contributed by atoms with Gasteiger partial charge in [-0.15, -0.1) is 0 Å². The molecule has 1 rings (SSSR count). The van der Waals surface area contributed by atoms with Crippen LogP contribution in [0.2, 0.25) is 0 Å². The van der Waals surface area contributed by atoms with Crippen LogP contribution in [0.15, 0.2) is 12.1 Å². The predicted octanol–water partition coefficient (Wildman–Crippen LogP) is -0.504. The molecule has 0 unspecified atom stereocenters. The van der Waals surface area contributed by atoms with Crippen LogP contribution in [0.1, 0.15) is 15.9 Å². The Morgan fingerprint density at radius 2 is 2.07 bits per heavy atom. The zero-order valence-corrected chi connectivity index (χ0v) is 8.02. The first-order valence-corrected chi connectivity index (χ1v) is 4.10. The van der Waals surface area contributed by atoms with E-state index in [0.29, 0.717) is 12.0 Å². The average molecular weight is 194 g/mol. The number of carbonyl (C=O) groups excluding carboxylic acids is 1. The van der Waals surface area contributed by atoms with E-state index >= 15 is 0 Å². The first-order valence-electron chi connectivity index (χ1n) is 4.10. The molecular formula is C9H11BO4. The number of methoxy groups -OCH3 is 1. The van der Waals surface area contributed by atoms with E-state index in [2.05, 4.69) is 0 Å². The Labute approximate surface area is 82.3 Å². The fraction of sp³-hybridized carbons (Fsp3) is 0.222. The summed E-state index contributed by atoms with van der Waals surface area (Å²) in [6.45, 7) is 1.78. The molecule has 0 aliphatic rings. The van der Waals surface area contributed by atoms with Crippen LogP contribution < -0.4 is 10.2 Å². The molecule has 0 aliphatic heterocycles. The second-order valence-electron chi connectivity index (χ2n) is 2.96. The maximum absolute atomic E-state index is 10.7. The fourth-order valence-electron chi connectivity index (χ4n) is 1.30.